The van der Waals surface area contributed by atoms with Gasteiger partial charge in [-0.3, -0.25) is 29.4 Å². The van der Waals surface area contributed by atoms with Crippen LogP contribution < -0.4 is 5.32 Å². The van der Waals surface area contributed by atoms with E-state index >= 15 is 0 Å². The summed E-state index contributed by atoms with van der Waals surface area (Å²) < 4.78 is 5.01. The summed E-state index contributed by atoms with van der Waals surface area (Å²) in [6.07, 6.45) is 0. The first-order valence-electron chi connectivity index (χ1n) is 10.1. The number of nitro benzene ring substituents is 1. The van der Waals surface area contributed by atoms with Crippen molar-refractivity contribution in [3.05, 3.63) is 105 Å². The molecule has 0 saturated heterocycles. The van der Waals surface area contributed by atoms with Gasteiger partial charge in [0.15, 0.2) is 6.61 Å². The molecule has 0 aromatic heterocycles. The number of benzene rings is 3. The maximum absolute atomic E-state index is 12.6. The number of carbonyl (C=O) groups excluding carboxylic acids is 4. The van der Waals surface area contributed by atoms with Gasteiger partial charge in [-0.2, -0.15) is 0 Å². The maximum atomic E-state index is 12.6. The van der Waals surface area contributed by atoms with Crippen LogP contribution in [0.3, 0.4) is 0 Å². The van der Waals surface area contributed by atoms with E-state index in [0.29, 0.717) is 16.7 Å². The summed E-state index contributed by atoms with van der Waals surface area (Å²) in [5.74, 6) is -2.38. The van der Waals surface area contributed by atoms with Crippen molar-refractivity contribution >= 4 is 35.1 Å². The highest BCUT2D eigenvalue weighted by molar-refractivity contribution is 6.21. The minimum Gasteiger partial charge on any atom is -0.452 e. The van der Waals surface area contributed by atoms with Gasteiger partial charge in [-0.25, -0.2) is 4.79 Å². The van der Waals surface area contributed by atoms with Gasteiger partial charge in [-0.1, -0.05) is 36.4 Å². The molecular formula is C24H17N3O7. The van der Waals surface area contributed by atoms with Crippen LogP contribution in [0.2, 0.25) is 0 Å². The van der Waals surface area contributed by atoms with Crippen LogP contribution in [-0.4, -0.2) is 40.1 Å². The molecule has 0 radical (unpaired) electrons. The standard InChI is InChI=1S/C24H17N3O7/c28-21(25-19-10-3-4-11-20(19)27(32)33)14-34-24(31)16-7-5-6-15(12-16)13-26-22(29)17-8-1-2-9-18(17)23(26)30/h1-12H,13-14H2,(H,25,28). The highest BCUT2D eigenvalue weighted by atomic mass is 16.6. The zero-order valence-corrected chi connectivity index (χ0v) is 17.6. The third-order valence-corrected chi connectivity index (χ3v) is 5.09. The first kappa shape index (κ1) is 22.3. The number of hydrogen-bond acceptors (Lipinski definition) is 7. The summed E-state index contributed by atoms with van der Waals surface area (Å²) in [6.45, 7) is -0.695. The smallest absolute Gasteiger partial charge is 0.338 e. The molecule has 3 aromatic carbocycles. The number of amides is 3. The van der Waals surface area contributed by atoms with Gasteiger partial charge in [-0.05, 0) is 35.9 Å². The average Bonchev–Trinajstić information content (AvgIpc) is 3.08. The maximum Gasteiger partial charge on any atom is 0.338 e. The summed E-state index contributed by atoms with van der Waals surface area (Å²) in [5.41, 5.74) is 0.987. The Morgan fingerprint density at radius 1 is 0.912 bits per heavy atom. The lowest BCUT2D eigenvalue weighted by molar-refractivity contribution is -0.383. The van der Waals surface area contributed by atoms with Gasteiger partial charge in [0.1, 0.15) is 5.69 Å². The fraction of sp³-hybridized carbons (Fsp3) is 0.0833. The average molecular weight is 459 g/mol. The Kier molecular flexibility index (Phi) is 6.13. The number of nitrogens with one attached hydrogen (secondary N) is 1. The molecule has 0 spiro atoms. The molecule has 3 amide bonds. The summed E-state index contributed by atoms with van der Waals surface area (Å²) >= 11 is 0. The van der Waals surface area contributed by atoms with Gasteiger partial charge < -0.3 is 10.1 Å². The van der Waals surface area contributed by atoms with E-state index in [1.807, 2.05) is 0 Å². The lowest BCUT2D eigenvalue weighted by atomic mass is 10.1. The summed E-state index contributed by atoms with van der Waals surface area (Å²) in [7, 11) is 0. The predicted molar refractivity (Wildman–Crippen MR) is 119 cm³/mol. The first-order chi connectivity index (χ1) is 16.3. The number of para-hydroxylation sites is 2. The normalized spacial score (nSPS) is 12.3. The van der Waals surface area contributed by atoms with E-state index in [9.17, 15) is 29.3 Å². The van der Waals surface area contributed by atoms with Gasteiger partial charge >= 0.3 is 5.97 Å². The molecule has 0 unspecified atom stereocenters. The second kappa shape index (κ2) is 9.33. The molecule has 1 aliphatic rings. The van der Waals surface area contributed by atoms with Crippen molar-refractivity contribution < 1.29 is 28.8 Å². The molecule has 1 N–H and O–H groups in total. The van der Waals surface area contributed by atoms with Crippen LogP contribution in [0.15, 0.2) is 72.8 Å². The Morgan fingerprint density at radius 3 is 2.24 bits per heavy atom. The molecule has 10 nitrogen and oxygen atoms in total. The number of hydrogen-bond donors (Lipinski definition) is 1. The molecule has 170 valence electrons. The second-order valence-electron chi connectivity index (χ2n) is 7.34. The Balaban J connectivity index is 1.38. The van der Waals surface area contributed by atoms with Gasteiger partial charge in [0.2, 0.25) is 0 Å². The molecule has 3 aromatic rings. The van der Waals surface area contributed by atoms with Crippen LogP contribution >= 0.6 is 0 Å². The van der Waals surface area contributed by atoms with Crippen molar-refractivity contribution in [2.45, 2.75) is 6.54 Å². The molecule has 1 aliphatic heterocycles. The van der Waals surface area contributed by atoms with Crippen LogP contribution in [0.1, 0.15) is 36.6 Å². The zero-order valence-electron chi connectivity index (χ0n) is 17.6. The number of nitrogens with zero attached hydrogens (tertiary/aromatic N) is 2. The summed E-state index contributed by atoms with van der Waals surface area (Å²) in [4.78, 5) is 61.1. The van der Waals surface area contributed by atoms with E-state index in [1.54, 1.807) is 36.4 Å². The minimum atomic E-state index is -0.804. The van der Waals surface area contributed by atoms with Crippen LogP contribution in [0, 0.1) is 10.1 Å². The molecule has 0 bridgehead atoms. The van der Waals surface area contributed by atoms with Crippen LogP contribution in [0.5, 0.6) is 0 Å². The number of ether oxygens (including phenoxy) is 1. The molecule has 0 saturated carbocycles. The monoisotopic (exact) mass is 459 g/mol. The molecule has 4 rings (SSSR count). The van der Waals surface area contributed by atoms with Gasteiger partial charge in [0.25, 0.3) is 23.4 Å². The van der Waals surface area contributed by atoms with Gasteiger partial charge in [0.05, 0.1) is 28.2 Å². The van der Waals surface area contributed by atoms with E-state index < -0.39 is 35.2 Å². The summed E-state index contributed by atoms with van der Waals surface area (Å²) in [5, 5.41) is 13.4. The van der Waals surface area contributed by atoms with E-state index in [-0.39, 0.29) is 23.5 Å². The summed E-state index contributed by atoms with van der Waals surface area (Å²) in [6, 6.07) is 18.3. The molecule has 0 aliphatic carbocycles. The number of carbonyl (C=O) groups is 4. The van der Waals surface area contributed by atoms with Crippen molar-refractivity contribution in [2.24, 2.45) is 0 Å². The number of imide groups is 1. The first-order valence-corrected chi connectivity index (χ1v) is 10.1. The van der Waals surface area contributed by atoms with Crippen LogP contribution in [-0.2, 0) is 16.1 Å². The Morgan fingerprint density at radius 2 is 1.56 bits per heavy atom. The third-order valence-electron chi connectivity index (χ3n) is 5.09. The van der Waals surface area contributed by atoms with E-state index in [0.717, 1.165) is 4.90 Å². The molecule has 1 heterocycles. The lowest BCUT2D eigenvalue weighted by Crippen LogP contribution is -2.29. The third kappa shape index (κ3) is 4.51. The molecule has 0 atom stereocenters. The zero-order chi connectivity index (χ0) is 24.2. The van der Waals surface area contributed by atoms with Crippen molar-refractivity contribution in [1.29, 1.82) is 0 Å². The topological polar surface area (TPSA) is 136 Å². The molecule has 0 fully saturated rings. The van der Waals surface area contributed by atoms with Crippen molar-refractivity contribution in [1.82, 2.24) is 4.90 Å². The largest absolute Gasteiger partial charge is 0.452 e. The Labute approximate surface area is 192 Å². The lowest BCUT2D eigenvalue weighted by Gasteiger charge is -2.14. The Hall–Kier alpha value is -4.86. The molecular weight excluding hydrogens is 442 g/mol. The highest BCUT2D eigenvalue weighted by Gasteiger charge is 2.35. The van der Waals surface area contributed by atoms with Gasteiger partial charge in [0, 0.05) is 6.07 Å². The number of nitro groups is 1. The number of fused-ring (bicyclic) bond motifs is 1. The van der Waals surface area contributed by atoms with Crippen LogP contribution in [0.4, 0.5) is 11.4 Å². The van der Waals surface area contributed by atoms with Gasteiger partial charge in [-0.15, -0.1) is 0 Å². The molecule has 10 heteroatoms. The van der Waals surface area contributed by atoms with Crippen molar-refractivity contribution in [3.8, 4) is 0 Å². The number of anilines is 1. The van der Waals surface area contributed by atoms with Crippen molar-refractivity contribution in [3.63, 3.8) is 0 Å². The molecule has 34 heavy (non-hydrogen) atoms. The second-order valence-corrected chi connectivity index (χ2v) is 7.34. The number of esters is 1. The fourth-order valence-electron chi connectivity index (χ4n) is 3.50. The SMILES string of the molecule is O=C(COC(=O)c1cccc(CN2C(=O)c3ccccc3C2=O)c1)Nc1ccccc1[N+](=O)[O-]. The van der Waals surface area contributed by atoms with E-state index in [4.69, 9.17) is 4.74 Å². The fourth-order valence-corrected chi connectivity index (χ4v) is 3.50. The Bertz CT molecular complexity index is 1300. The highest BCUT2D eigenvalue weighted by Crippen LogP contribution is 2.25. The van der Waals surface area contributed by atoms with E-state index in [1.165, 1.54) is 36.4 Å². The predicted octanol–water partition coefficient (Wildman–Crippen LogP) is 3.19. The minimum absolute atomic E-state index is 0.0171. The quantitative estimate of drug-likeness (QED) is 0.248. The van der Waals surface area contributed by atoms with Crippen molar-refractivity contribution in [2.75, 3.05) is 11.9 Å². The van der Waals surface area contributed by atoms with Crippen LogP contribution in [0.25, 0.3) is 0 Å². The van der Waals surface area contributed by atoms with E-state index in [2.05, 4.69) is 5.32 Å². The number of rotatable bonds is 7.